The van der Waals surface area contributed by atoms with Crippen molar-refractivity contribution in [1.29, 1.82) is 0 Å². The van der Waals surface area contributed by atoms with Gasteiger partial charge in [-0.25, -0.2) is 0 Å². The lowest BCUT2D eigenvalue weighted by Crippen LogP contribution is -2.19. The van der Waals surface area contributed by atoms with Crippen LogP contribution in [0.25, 0.3) is 0 Å². The Morgan fingerprint density at radius 3 is 2.29 bits per heavy atom. The normalized spacial score (nSPS) is 25.8. The molecule has 0 unspecified atom stereocenters. The first-order chi connectivity index (χ1) is 11.4. The van der Waals surface area contributed by atoms with Crippen LogP contribution in [-0.4, -0.2) is 6.29 Å². The summed E-state index contributed by atoms with van der Waals surface area (Å²) in [6, 6.07) is 0. The number of hydrogen-bond donors (Lipinski definition) is 0. The standard InChI is InChI=1S/C23H32O/c1-18(11-13-20-9-5-6-10-21(20)15-17-24)12-14-22-19(2)8-7-16-23(22,3)4/h11-15,17H,5-10,16H2,1-4H3. The zero-order chi connectivity index (χ0) is 17.6. The van der Waals surface area contributed by atoms with Crippen LogP contribution in [0.15, 0.2) is 58.2 Å². The van der Waals surface area contributed by atoms with Crippen LogP contribution in [0, 0.1) is 5.41 Å². The van der Waals surface area contributed by atoms with Crippen LogP contribution >= 0.6 is 0 Å². The molecular weight excluding hydrogens is 292 g/mol. The second-order valence-electron chi connectivity index (χ2n) is 7.90. The van der Waals surface area contributed by atoms with E-state index in [1.807, 2.05) is 0 Å². The van der Waals surface area contributed by atoms with E-state index in [4.69, 9.17) is 0 Å². The fourth-order valence-electron chi connectivity index (χ4n) is 3.93. The van der Waals surface area contributed by atoms with Crippen LogP contribution in [0.2, 0.25) is 0 Å². The Bertz CT molecular complexity index is 620. The van der Waals surface area contributed by atoms with E-state index < -0.39 is 0 Å². The number of allylic oxidation sites excluding steroid dienone is 10. The Balaban J connectivity index is 2.15. The highest BCUT2D eigenvalue weighted by Gasteiger charge is 2.26. The van der Waals surface area contributed by atoms with E-state index in [-0.39, 0.29) is 0 Å². The largest absolute Gasteiger partial charge is 0.299 e. The molecule has 2 aliphatic rings. The van der Waals surface area contributed by atoms with Gasteiger partial charge in [0.05, 0.1) is 0 Å². The lowest BCUT2D eigenvalue weighted by Gasteiger charge is -2.32. The average Bonchev–Trinajstić information content (AvgIpc) is 2.53. The number of carbonyl (C=O) groups is 1. The van der Waals surface area contributed by atoms with Crippen molar-refractivity contribution < 1.29 is 4.79 Å². The Morgan fingerprint density at radius 2 is 1.67 bits per heavy atom. The predicted octanol–water partition coefficient (Wildman–Crippen LogP) is 6.64. The molecule has 0 aromatic heterocycles. The molecule has 0 aromatic carbocycles. The first kappa shape index (κ1) is 18.7. The van der Waals surface area contributed by atoms with Crippen molar-refractivity contribution in [2.24, 2.45) is 5.41 Å². The average molecular weight is 325 g/mol. The Hall–Kier alpha value is -1.63. The highest BCUT2D eigenvalue weighted by molar-refractivity contribution is 5.68. The molecule has 2 rings (SSSR count). The molecule has 0 aromatic rings. The molecule has 0 N–H and O–H groups in total. The number of carbonyl (C=O) groups excluding carboxylic acids is 1. The summed E-state index contributed by atoms with van der Waals surface area (Å²) >= 11 is 0. The van der Waals surface area contributed by atoms with Gasteiger partial charge in [0.25, 0.3) is 0 Å². The van der Waals surface area contributed by atoms with E-state index in [1.165, 1.54) is 60.0 Å². The van der Waals surface area contributed by atoms with Gasteiger partial charge in [-0.3, -0.25) is 4.79 Å². The maximum atomic E-state index is 10.8. The fourth-order valence-corrected chi connectivity index (χ4v) is 3.93. The molecule has 0 heterocycles. The monoisotopic (exact) mass is 324 g/mol. The highest BCUT2D eigenvalue weighted by Crippen LogP contribution is 2.40. The van der Waals surface area contributed by atoms with Gasteiger partial charge in [-0.1, -0.05) is 49.3 Å². The molecule has 0 radical (unpaired) electrons. The summed E-state index contributed by atoms with van der Waals surface area (Å²) in [6.45, 7) is 9.15. The molecule has 0 spiro atoms. The lowest BCUT2D eigenvalue weighted by molar-refractivity contribution is -0.104. The minimum absolute atomic E-state index is 0.292. The third kappa shape index (κ3) is 4.93. The SMILES string of the molecule is CC(C=CC1=C(C)CCCC1(C)C)=CC=C1CCCCC1=CC=O. The van der Waals surface area contributed by atoms with Gasteiger partial charge in [-0.05, 0) is 87.0 Å². The van der Waals surface area contributed by atoms with Crippen LogP contribution in [0.1, 0.15) is 72.6 Å². The van der Waals surface area contributed by atoms with Crippen molar-refractivity contribution in [2.75, 3.05) is 0 Å². The van der Waals surface area contributed by atoms with Crippen molar-refractivity contribution in [3.8, 4) is 0 Å². The molecule has 1 saturated carbocycles. The van der Waals surface area contributed by atoms with Gasteiger partial charge in [0, 0.05) is 0 Å². The molecule has 130 valence electrons. The van der Waals surface area contributed by atoms with E-state index in [9.17, 15) is 4.79 Å². The van der Waals surface area contributed by atoms with E-state index in [1.54, 1.807) is 6.08 Å². The summed E-state index contributed by atoms with van der Waals surface area (Å²) in [4.78, 5) is 10.8. The fraction of sp³-hybridized carbons (Fsp3) is 0.522. The van der Waals surface area contributed by atoms with Gasteiger partial charge in [0.15, 0.2) is 0 Å². The smallest absolute Gasteiger partial charge is 0.143 e. The predicted molar refractivity (Wildman–Crippen MR) is 104 cm³/mol. The van der Waals surface area contributed by atoms with E-state index in [0.29, 0.717) is 5.41 Å². The third-order valence-corrected chi connectivity index (χ3v) is 5.43. The van der Waals surface area contributed by atoms with Crippen LogP contribution in [0.3, 0.4) is 0 Å². The summed E-state index contributed by atoms with van der Waals surface area (Å²) in [7, 11) is 0. The summed E-state index contributed by atoms with van der Waals surface area (Å²) in [5.41, 5.74) is 7.15. The van der Waals surface area contributed by atoms with Crippen molar-refractivity contribution in [3.63, 3.8) is 0 Å². The quantitative estimate of drug-likeness (QED) is 0.322. The molecule has 0 saturated heterocycles. The zero-order valence-corrected chi connectivity index (χ0v) is 15.8. The maximum absolute atomic E-state index is 10.8. The Labute approximate surface area is 147 Å². The van der Waals surface area contributed by atoms with Crippen LogP contribution in [0.4, 0.5) is 0 Å². The van der Waals surface area contributed by atoms with Crippen LogP contribution in [-0.2, 0) is 4.79 Å². The second-order valence-corrected chi connectivity index (χ2v) is 7.90. The van der Waals surface area contributed by atoms with Crippen LogP contribution < -0.4 is 0 Å². The van der Waals surface area contributed by atoms with Gasteiger partial charge in [-0.2, -0.15) is 0 Å². The summed E-state index contributed by atoms with van der Waals surface area (Å²) in [6.07, 6.45) is 20.0. The van der Waals surface area contributed by atoms with Gasteiger partial charge < -0.3 is 0 Å². The molecule has 0 aliphatic heterocycles. The minimum atomic E-state index is 0.292. The van der Waals surface area contributed by atoms with E-state index in [0.717, 1.165) is 19.1 Å². The first-order valence-corrected chi connectivity index (χ1v) is 9.34. The van der Waals surface area contributed by atoms with Gasteiger partial charge in [0.1, 0.15) is 6.29 Å². The number of hydrogen-bond acceptors (Lipinski definition) is 1. The van der Waals surface area contributed by atoms with Crippen molar-refractivity contribution in [1.82, 2.24) is 0 Å². The zero-order valence-electron chi connectivity index (χ0n) is 15.8. The third-order valence-electron chi connectivity index (χ3n) is 5.43. The van der Waals surface area contributed by atoms with Crippen LogP contribution in [0.5, 0.6) is 0 Å². The molecule has 0 bridgehead atoms. The highest BCUT2D eigenvalue weighted by atomic mass is 16.1. The van der Waals surface area contributed by atoms with Crippen molar-refractivity contribution in [2.45, 2.75) is 72.6 Å². The van der Waals surface area contributed by atoms with Gasteiger partial charge >= 0.3 is 0 Å². The molecule has 1 fully saturated rings. The van der Waals surface area contributed by atoms with Crippen molar-refractivity contribution in [3.05, 3.63) is 58.2 Å². The molecule has 24 heavy (non-hydrogen) atoms. The minimum Gasteiger partial charge on any atom is -0.299 e. The van der Waals surface area contributed by atoms with Crippen molar-refractivity contribution >= 4 is 6.29 Å². The lowest BCUT2D eigenvalue weighted by atomic mass is 9.72. The second kappa shape index (κ2) is 8.46. The maximum Gasteiger partial charge on any atom is 0.143 e. The molecule has 0 atom stereocenters. The van der Waals surface area contributed by atoms with E-state index in [2.05, 4.69) is 52.0 Å². The Kier molecular flexibility index (Phi) is 6.60. The van der Waals surface area contributed by atoms with Gasteiger partial charge in [-0.15, -0.1) is 0 Å². The molecule has 1 nitrogen and oxygen atoms in total. The number of rotatable bonds is 4. The molecule has 1 heteroatoms. The summed E-state index contributed by atoms with van der Waals surface area (Å²) in [5.74, 6) is 0. The number of aldehydes is 1. The Morgan fingerprint density at radius 1 is 1.00 bits per heavy atom. The van der Waals surface area contributed by atoms with E-state index >= 15 is 0 Å². The molecule has 2 aliphatic carbocycles. The summed E-state index contributed by atoms with van der Waals surface area (Å²) in [5, 5.41) is 0. The topological polar surface area (TPSA) is 17.1 Å². The summed E-state index contributed by atoms with van der Waals surface area (Å²) < 4.78 is 0. The molecule has 0 amide bonds. The molecular formula is C23H32O. The first-order valence-electron chi connectivity index (χ1n) is 9.34. The van der Waals surface area contributed by atoms with Gasteiger partial charge in [0.2, 0.25) is 0 Å².